The SMILES string of the molecule is N#Cc1c(N)sc2c1C1(CN(c3nc(OCC4(CN5CCOCC5)CC4)nc4c3NC(=O)CC3CNCCN43)C1)SC2. The molecule has 0 aromatic carbocycles. The minimum atomic E-state index is -0.198. The summed E-state index contributed by atoms with van der Waals surface area (Å²) in [4.78, 5) is 31.1. The molecule has 4 N–H and O–H groups in total. The lowest BCUT2D eigenvalue weighted by Crippen LogP contribution is -2.57. The van der Waals surface area contributed by atoms with Crippen molar-refractivity contribution in [1.82, 2.24) is 20.2 Å². The van der Waals surface area contributed by atoms with Crippen LogP contribution in [0.1, 0.15) is 35.3 Å². The minimum Gasteiger partial charge on any atom is -0.463 e. The molecule has 1 unspecified atom stereocenters. The van der Waals surface area contributed by atoms with Crippen LogP contribution in [0.3, 0.4) is 0 Å². The summed E-state index contributed by atoms with van der Waals surface area (Å²) < 4.78 is 11.8. The molecule has 7 heterocycles. The molecule has 14 heteroatoms. The summed E-state index contributed by atoms with van der Waals surface area (Å²) in [5, 5.41) is 17.0. The maximum absolute atomic E-state index is 13.1. The smallest absolute Gasteiger partial charge is 0.320 e. The fourth-order valence-corrected chi connectivity index (χ4v) is 9.88. The van der Waals surface area contributed by atoms with Gasteiger partial charge >= 0.3 is 6.01 Å². The number of rotatable bonds is 6. The van der Waals surface area contributed by atoms with E-state index in [4.69, 9.17) is 25.2 Å². The van der Waals surface area contributed by atoms with Crippen LogP contribution in [0.4, 0.5) is 22.3 Å². The molecule has 3 saturated heterocycles. The predicted molar refractivity (Wildman–Crippen MR) is 162 cm³/mol. The summed E-state index contributed by atoms with van der Waals surface area (Å²) in [6.07, 6.45) is 2.67. The zero-order chi connectivity index (χ0) is 28.5. The van der Waals surface area contributed by atoms with E-state index in [1.54, 1.807) is 0 Å². The quantitative estimate of drug-likeness (QED) is 0.437. The summed E-state index contributed by atoms with van der Waals surface area (Å²) in [5.41, 5.74) is 8.72. The highest BCUT2D eigenvalue weighted by atomic mass is 32.2. The first kappa shape index (κ1) is 26.8. The van der Waals surface area contributed by atoms with Gasteiger partial charge in [-0.2, -0.15) is 15.2 Å². The van der Waals surface area contributed by atoms with Crippen LogP contribution in [0.2, 0.25) is 0 Å². The number of morpholine rings is 1. The van der Waals surface area contributed by atoms with Gasteiger partial charge in [-0.15, -0.1) is 23.1 Å². The van der Waals surface area contributed by atoms with Crippen molar-refractivity contribution in [2.24, 2.45) is 5.41 Å². The number of anilines is 4. The Balaban J connectivity index is 1.10. The van der Waals surface area contributed by atoms with Gasteiger partial charge in [0.15, 0.2) is 11.6 Å². The first-order valence-electron chi connectivity index (χ1n) is 14.8. The molecule has 1 amide bonds. The molecule has 4 fully saturated rings. The van der Waals surface area contributed by atoms with E-state index in [2.05, 4.69) is 31.4 Å². The van der Waals surface area contributed by atoms with Crippen LogP contribution in [0.5, 0.6) is 6.01 Å². The molecular formula is C28H35N9O3S2. The standard InChI is InChI=1S/C28H35N9O3S2/c29-10-18-21-19(42-23(18)30)12-41-28(21)14-36(15-28)24-22-25(37-4-3-31-11-17(37)9-20(38)32-22)34-26(33-24)40-16-27(1-2-27)13-35-5-7-39-8-6-35/h17,31H,1-9,11-16,30H2,(H,32,38). The topological polar surface area (TPSA) is 145 Å². The van der Waals surface area contributed by atoms with Crippen LogP contribution < -0.4 is 30.9 Å². The molecule has 222 valence electrons. The van der Waals surface area contributed by atoms with Gasteiger partial charge in [0, 0.05) is 80.4 Å². The number of carbonyl (C=O) groups is 1. The van der Waals surface area contributed by atoms with Gasteiger partial charge < -0.3 is 35.6 Å². The molecular weight excluding hydrogens is 575 g/mol. The fourth-order valence-electron chi connectivity index (χ4n) is 7.07. The van der Waals surface area contributed by atoms with Crippen molar-refractivity contribution in [3.63, 3.8) is 0 Å². The maximum Gasteiger partial charge on any atom is 0.320 e. The predicted octanol–water partition coefficient (Wildman–Crippen LogP) is 1.57. The Labute approximate surface area is 252 Å². The lowest BCUT2D eigenvalue weighted by Gasteiger charge is -2.49. The second-order valence-electron chi connectivity index (χ2n) is 12.4. The van der Waals surface area contributed by atoms with Crippen LogP contribution in [0, 0.1) is 16.7 Å². The highest BCUT2D eigenvalue weighted by molar-refractivity contribution is 8.00. The van der Waals surface area contributed by atoms with E-state index in [1.807, 2.05) is 11.8 Å². The van der Waals surface area contributed by atoms with E-state index >= 15 is 0 Å². The Kier molecular flexibility index (Phi) is 6.45. The number of nitrogen functional groups attached to an aromatic ring is 1. The molecule has 1 aliphatic carbocycles. The van der Waals surface area contributed by atoms with E-state index < -0.39 is 0 Å². The Morgan fingerprint density at radius 1 is 1.19 bits per heavy atom. The molecule has 1 atom stereocenters. The van der Waals surface area contributed by atoms with Crippen molar-refractivity contribution in [1.29, 1.82) is 5.26 Å². The van der Waals surface area contributed by atoms with Crippen LogP contribution in [-0.4, -0.2) is 99.0 Å². The van der Waals surface area contributed by atoms with E-state index in [9.17, 15) is 10.1 Å². The summed E-state index contributed by atoms with van der Waals surface area (Å²) in [6.45, 7) is 8.75. The Morgan fingerprint density at radius 3 is 2.79 bits per heavy atom. The summed E-state index contributed by atoms with van der Waals surface area (Å²) in [5.74, 6) is 2.27. The van der Waals surface area contributed by atoms with Crippen molar-refractivity contribution >= 4 is 51.3 Å². The van der Waals surface area contributed by atoms with Gasteiger partial charge in [0.25, 0.3) is 0 Å². The summed E-state index contributed by atoms with van der Waals surface area (Å²) >= 11 is 3.41. The second kappa shape index (κ2) is 10.1. The van der Waals surface area contributed by atoms with Crippen LogP contribution >= 0.6 is 23.1 Å². The highest BCUT2D eigenvalue weighted by Crippen LogP contribution is 2.58. The fraction of sp³-hybridized carbons (Fsp3) is 0.643. The number of ether oxygens (including phenoxy) is 2. The number of piperazine rings is 1. The normalized spacial score (nSPS) is 25.5. The third-order valence-electron chi connectivity index (χ3n) is 9.53. The number of nitrogens with two attached hydrogens (primary N) is 1. The van der Waals surface area contributed by atoms with Gasteiger partial charge in [-0.05, 0) is 12.8 Å². The van der Waals surface area contributed by atoms with Crippen LogP contribution in [-0.2, 0) is 20.0 Å². The molecule has 0 bridgehead atoms. The number of thiophene rings is 1. The largest absolute Gasteiger partial charge is 0.463 e. The van der Waals surface area contributed by atoms with Crippen molar-refractivity contribution in [3.8, 4) is 12.1 Å². The first-order chi connectivity index (χ1) is 20.5. The zero-order valence-electron chi connectivity index (χ0n) is 23.5. The Hall–Kier alpha value is -2.83. The van der Waals surface area contributed by atoms with E-state index in [1.165, 1.54) is 16.2 Å². The molecule has 1 spiro atoms. The Bertz CT molecular complexity index is 1460. The van der Waals surface area contributed by atoms with Gasteiger partial charge in [-0.1, -0.05) is 0 Å². The second-order valence-corrected chi connectivity index (χ2v) is 14.9. The number of aromatic nitrogens is 2. The molecule has 42 heavy (non-hydrogen) atoms. The number of carbonyl (C=O) groups excluding carboxylic acids is 1. The van der Waals surface area contributed by atoms with Crippen molar-refractivity contribution in [2.75, 3.05) is 93.0 Å². The van der Waals surface area contributed by atoms with Crippen LogP contribution in [0.25, 0.3) is 0 Å². The van der Waals surface area contributed by atoms with Crippen molar-refractivity contribution < 1.29 is 14.3 Å². The third-order valence-corrected chi connectivity index (χ3v) is 12.2. The van der Waals surface area contributed by atoms with Crippen LogP contribution in [0.15, 0.2) is 0 Å². The minimum absolute atomic E-state index is 0.0225. The number of thioether (sulfide) groups is 1. The van der Waals surface area contributed by atoms with E-state index in [-0.39, 0.29) is 22.1 Å². The highest BCUT2D eigenvalue weighted by Gasteiger charge is 2.54. The Morgan fingerprint density at radius 2 is 2.00 bits per heavy atom. The average molecular weight is 610 g/mol. The monoisotopic (exact) mass is 609 g/mol. The van der Waals surface area contributed by atoms with Crippen molar-refractivity contribution in [2.45, 2.75) is 35.8 Å². The molecule has 5 aliphatic heterocycles. The molecule has 8 rings (SSSR count). The number of amides is 1. The van der Waals surface area contributed by atoms with Gasteiger partial charge in [0.1, 0.15) is 16.8 Å². The lowest BCUT2D eigenvalue weighted by atomic mass is 9.88. The third kappa shape index (κ3) is 4.48. The zero-order valence-corrected chi connectivity index (χ0v) is 25.1. The summed E-state index contributed by atoms with van der Waals surface area (Å²) in [7, 11) is 0. The number of hydrogen-bond acceptors (Lipinski definition) is 13. The average Bonchev–Trinajstić information content (AvgIpc) is 3.56. The molecule has 2 aromatic rings. The number of nitriles is 1. The molecule has 12 nitrogen and oxygen atoms in total. The van der Waals surface area contributed by atoms with Gasteiger partial charge in [-0.25, -0.2) is 0 Å². The van der Waals surface area contributed by atoms with Gasteiger partial charge in [0.2, 0.25) is 5.91 Å². The van der Waals surface area contributed by atoms with Gasteiger partial charge in [0.05, 0.1) is 36.2 Å². The van der Waals surface area contributed by atoms with Gasteiger partial charge in [-0.3, -0.25) is 9.69 Å². The number of hydrogen-bond donors (Lipinski definition) is 3. The van der Waals surface area contributed by atoms with E-state index in [0.29, 0.717) is 54.2 Å². The number of nitrogens with one attached hydrogen (secondary N) is 2. The molecule has 2 aromatic heterocycles. The lowest BCUT2D eigenvalue weighted by molar-refractivity contribution is -0.116. The van der Waals surface area contributed by atoms with Crippen molar-refractivity contribution in [3.05, 3.63) is 16.0 Å². The maximum atomic E-state index is 13.1. The summed E-state index contributed by atoms with van der Waals surface area (Å²) in [6, 6.07) is 2.74. The number of nitrogens with zero attached hydrogens (tertiary/aromatic N) is 6. The molecule has 0 radical (unpaired) electrons. The first-order valence-corrected chi connectivity index (χ1v) is 16.6. The molecule has 6 aliphatic rings. The number of fused-ring (bicyclic) bond motifs is 5. The van der Waals surface area contributed by atoms with E-state index in [0.717, 1.165) is 82.5 Å². The molecule has 1 saturated carbocycles.